The lowest BCUT2D eigenvalue weighted by Crippen LogP contribution is -2.42. The zero-order chi connectivity index (χ0) is 19.9. The number of para-hydroxylation sites is 1. The summed E-state index contributed by atoms with van der Waals surface area (Å²) in [6, 6.07) is 14.2. The number of halogens is 1. The van der Waals surface area contributed by atoms with E-state index in [0.29, 0.717) is 31.6 Å². The van der Waals surface area contributed by atoms with Gasteiger partial charge >= 0.3 is 12.0 Å². The van der Waals surface area contributed by atoms with Gasteiger partial charge in [0, 0.05) is 24.3 Å². The van der Waals surface area contributed by atoms with Crippen molar-refractivity contribution >= 4 is 23.5 Å². The summed E-state index contributed by atoms with van der Waals surface area (Å²) in [5.41, 5.74) is 0.880. The van der Waals surface area contributed by atoms with Crippen molar-refractivity contribution < 1.29 is 23.5 Å². The summed E-state index contributed by atoms with van der Waals surface area (Å²) in [6.45, 7) is 0.434. The smallest absolute Gasteiger partial charge is 0.321 e. The van der Waals surface area contributed by atoms with Gasteiger partial charge in [0.1, 0.15) is 5.82 Å². The number of likely N-dealkylation sites (tertiary alicyclic amines) is 1. The topological polar surface area (TPSA) is 75.7 Å². The Hall–Kier alpha value is -3.22. The van der Waals surface area contributed by atoms with Crippen LogP contribution in [-0.4, -0.2) is 42.4 Å². The van der Waals surface area contributed by atoms with Crippen molar-refractivity contribution in [2.24, 2.45) is 5.92 Å². The van der Waals surface area contributed by atoms with Crippen molar-refractivity contribution in [1.29, 1.82) is 0 Å². The Balaban J connectivity index is 1.43. The molecule has 1 saturated heterocycles. The van der Waals surface area contributed by atoms with Crippen molar-refractivity contribution in [3.8, 4) is 0 Å². The van der Waals surface area contributed by atoms with Gasteiger partial charge in [-0.1, -0.05) is 30.3 Å². The van der Waals surface area contributed by atoms with Gasteiger partial charge in [-0.15, -0.1) is 0 Å². The molecule has 1 N–H and O–H groups in total. The van der Waals surface area contributed by atoms with Crippen LogP contribution in [-0.2, 0) is 9.53 Å². The molecule has 0 saturated carbocycles. The van der Waals surface area contributed by atoms with E-state index >= 15 is 0 Å². The molecule has 1 heterocycles. The Bertz CT molecular complexity index is 848. The van der Waals surface area contributed by atoms with Gasteiger partial charge in [0.25, 0.3) is 0 Å². The summed E-state index contributed by atoms with van der Waals surface area (Å²) < 4.78 is 18.3. The maximum absolute atomic E-state index is 13.2. The molecule has 1 aliphatic heterocycles. The van der Waals surface area contributed by atoms with Crippen LogP contribution in [0, 0.1) is 11.7 Å². The molecule has 0 aliphatic carbocycles. The summed E-state index contributed by atoms with van der Waals surface area (Å²) in [4.78, 5) is 38.1. The van der Waals surface area contributed by atoms with Crippen LogP contribution in [0.4, 0.5) is 14.9 Å². The van der Waals surface area contributed by atoms with E-state index in [9.17, 15) is 18.8 Å². The number of anilines is 1. The van der Waals surface area contributed by atoms with Gasteiger partial charge in [0.2, 0.25) is 0 Å². The lowest BCUT2D eigenvalue weighted by Gasteiger charge is -2.30. The van der Waals surface area contributed by atoms with E-state index in [4.69, 9.17) is 4.74 Å². The Kier molecular flexibility index (Phi) is 6.37. The highest BCUT2D eigenvalue weighted by atomic mass is 19.1. The number of ether oxygens (including phenoxy) is 1. The SMILES string of the molecule is O=C(COC(=O)C1CCN(C(=O)Nc2ccccc2)CC1)c1cccc(F)c1. The van der Waals surface area contributed by atoms with Crippen LogP contribution in [0.5, 0.6) is 0 Å². The maximum Gasteiger partial charge on any atom is 0.321 e. The number of rotatable bonds is 5. The molecule has 2 aromatic carbocycles. The minimum absolute atomic E-state index is 0.167. The molecule has 6 nitrogen and oxygen atoms in total. The molecule has 0 unspecified atom stereocenters. The molecular formula is C21H21FN2O4. The van der Waals surface area contributed by atoms with E-state index in [1.54, 1.807) is 17.0 Å². The van der Waals surface area contributed by atoms with Gasteiger partial charge in [0.05, 0.1) is 5.92 Å². The minimum atomic E-state index is -0.515. The second kappa shape index (κ2) is 9.12. The fraction of sp³-hybridized carbons (Fsp3) is 0.286. The number of carbonyl (C=O) groups is 3. The van der Waals surface area contributed by atoms with Crippen molar-refractivity contribution in [2.45, 2.75) is 12.8 Å². The molecule has 1 fully saturated rings. The number of nitrogens with zero attached hydrogens (tertiary/aromatic N) is 1. The number of amides is 2. The fourth-order valence-electron chi connectivity index (χ4n) is 3.04. The van der Waals surface area contributed by atoms with Crippen molar-refractivity contribution in [3.63, 3.8) is 0 Å². The third kappa shape index (κ3) is 5.16. The van der Waals surface area contributed by atoms with Gasteiger partial charge in [-0.05, 0) is 37.1 Å². The summed E-state index contributed by atoms with van der Waals surface area (Å²) in [5, 5.41) is 2.81. The number of Topliss-reactive ketones (excluding diaryl/α,β-unsaturated/α-hetero) is 1. The second-order valence-corrected chi connectivity index (χ2v) is 6.60. The zero-order valence-corrected chi connectivity index (χ0v) is 15.3. The molecule has 0 bridgehead atoms. The largest absolute Gasteiger partial charge is 0.457 e. The number of carbonyl (C=O) groups excluding carboxylic acids is 3. The van der Waals surface area contributed by atoms with Gasteiger partial charge in [0.15, 0.2) is 12.4 Å². The molecule has 0 aromatic heterocycles. The number of nitrogens with one attached hydrogen (secondary N) is 1. The summed E-state index contributed by atoms with van der Waals surface area (Å²) in [6.07, 6.45) is 0.935. The lowest BCUT2D eigenvalue weighted by atomic mass is 9.97. The average Bonchev–Trinajstić information content (AvgIpc) is 2.72. The van der Waals surface area contributed by atoms with Gasteiger partial charge < -0.3 is 15.0 Å². The van der Waals surface area contributed by atoms with Gasteiger partial charge in [-0.3, -0.25) is 9.59 Å². The molecular weight excluding hydrogens is 363 g/mol. The maximum atomic E-state index is 13.2. The third-order valence-electron chi connectivity index (χ3n) is 4.63. The Labute approximate surface area is 162 Å². The van der Waals surface area contributed by atoms with E-state index in [-0.39, 0.29) is 17.5 Å². The number of hydrogen-bond donors (Lipinski definition) is 1. The molecule has 28 heavy (non-hydrogen) atoms. The fourth-order valence-corrected chi connectivity index (χ4v) is 3.04. The Morgan fingerprint density at radius 1 is 1.04 bits per heavy atom. The van der Waals surface area contributed by atoms with E-state index in [1.807, 2.05) is 18.2 Å². The first-order valence-corrected chi connectivity index (χ1v) is 9.09. The Morgan fingerprint density at radius 3 is 2.43 bits per heavy atom. The highest BCUT2D eigenvalue weighted by Gasteiger charge is 2.28. The first-order chi connectivity index (χ1) is 13.5. The van der Waals surface area contributed by atoms with Crippen LogP contribution in [0.3, 0.4) is 0 Å². The van der Waals surface area contributed by atoms with Crippen LogP contribution in [0.15, 0.2) is 54.6 Å². The zero-order valence-electron chi connectivity index (χ0n) is 15.3. The third-order valence-corrected chi connectivity index (χ3v) is 4.63. The summed E-state index contributed by atoms with van der Waals surface area (Å²) >= 11 is 0. The average molecular weight is 384 g/mol. The molecule has 2 amide bonds. The van der Waals surface area contributed by atoms with Crippen LogP contribution < -0.4 is 5.32 Å². The number of benzene rings is 2. The van der Waals surface area contributed by atoms with Crippen LogP contribution in [0.25, 0.3) is 0 Å². The number of ketones is 1. The van der Waals surface area contributed by atoms with Crippen molar-refractivity contribution in [1.82, 2.24) is 4.90 Å². The number of piperidine rings is 1. The number of urea groups is 1. The predicted octanol–water partition coefficient (Wildman–Crippen LogP) is 3.50. The molecule has 0 atom stereocenters. The van der Waals surface area contributed by atoms with E-state index in [0.717, 1.165) is 6.07 Å². The molecule has 1 aliphatic rings. The molecule has 0 radical (unpaired) electrons. The molecule has 146 valence electrons. The molecule has 7 heteroatoms. The molecule has 0 spiro atoms. The van der Waals surface area contributed by atoms with E-state index in [2.05, 4.69) is 5.32 Å². The van der Waals surface area contributed by atoms with Gasteiger partial charge in [-0.2, -0.15) is 0 Å². The van der Waals surface area contributed by atoms with Crippen molar-refractivity contribution in [3.05, 3.63) is 66.0 Å². The highest BCUT2D eigenvalue weighted by molar-refractivity contribution is 5.98. The summed E-state index contributed by atoms with van der Waals surface area (Å²) in [5.74, 6) is -1.79. The minimum Gasteiger partial charge on any atom is -0.457 e. The van der Waals surface area contributed by atoms with Crippen molar-refractivity contribution in [2.75, 3.05) is 25.0 Å². The predicted molar refractivity (Wildman–Crippen MR) is 101 cm³/mol. The first kappa shape index (κ1) is 19.5. The number of hydrogen-bond acceptors (Lipinski definition) is 4. The van der Waals surface area contributed by atoms with E-state index < -0.39 is 24.2 Å². The summed E-state index contributed by atoms with van der Waals surface area (Å²) in [7, 11) is 0. The Morgan fingerprint density at radius 2 is 1.75 bits per heavy atom. The monoisotopic (exact) mass is 384 g/mol. The standard InChI is InChI=1S/C21H21FN2O4/c22-17-6-4-5-16(13-17)19(25)14-28-20(26)15-9-11-24(12-10-15)21(27)23-18-7-2-1-3-8-18/h1-8,13,15H,9-12,14H2,(H,23,27). The number of esters is 1. The molecule has 2 aromatic rings. The normalized spacial score (nSPS) is 14.4. The van der Waals surface area contributed by atoms with Crippen LogP contribution in [0.1, 0.15) is 23.2 Å². The lowest BCUT2D eigenvalue weighted by molar-refractivity contribution is -0.148. The van der Waals surface area contributed by atoms with Crippen LogP contribution >= 0.6 is 0 Å². The quantitative estimate of drug-likeness (QED) is 0.632. The molecule has 3 rings (SSSR count). The van der Waals surface area contributed by atoms with E-state index in [1.165, 1.54) is 18.2 Å². The highest BCUT2D eigenvalue weighted by Crippen LogP contribution is 2.20. The second-order valence-electron chi connectivity index (χ2n) is 6.60. The first-order valence-electron chi connectivity index (χ1n) is 9.09. The van der Waals surface area contributed by atoms with Crippen LogP contribution in [0.2, 0.25) is 0 Å². The van der Waals surface area contributed by atoms with Gasteiger partial charge in [-0.25, -0.2) is 9.18 Å².